The van der Waals surface area contributed by atoms with Gasteiger partial charge >= 0.3 is 6.09 Å². The van der Waals surface area contributed by atoms with Gasteiger partial charge in [-0.05, 0) is 57.2 Å². The Labute approximate surface area is 174 Å². The quantitative estimate of drug-likeness (QED) is 0.467. The first-order valence-corrected chi connectivity index (χ1v) is 9.57. The third-order valence-electron chi connectivity index (χ3n) is 3.91. The lowest BCUT2D eigenvalue weighted by molar-refractivity contribution is 0.0540. The minimum atomic E-state index is -0.572. The van der Waals surface area contributed by atoms with E-state index < -0.39 is 11.7 Å². The highest BCUT2D eigenvalue weighted by atomic mass is 35.5. The second-order valence-electron chi connectivity index (χ2n) is 7.26. The van der Waals surface area contributed by atoms with E-state index in [1.807, 2.05) is 51.1 Å². The molecule has 0 saturated carbocycles. The highest BCUT2D eigenvalue weighted by Crippen LogP contribution is 2.28. The van der Waals surface area contributed by atoms with Crippen LogP contribution in [0.1, 0.15) is 26.3 Å². The zero-order valence-corrected chi connectivity index (χ0v) is 17.4. The van der Waals surface area contributed by atoms with E-state index in [1.165, 1.54) is 4.57 Å². The molecule has 0 aliphatic heterocycles. The van der Waals surface area contributed by atoms with E-state index in [1.54, 1.807) is 30.5 Å². The van der Waals surface area contributed by atoms with Gasteiger partial charge in [0.1, 0.15) is 18.0 Å². The molecule has 0 fully saturated rings. The molecule has 3 aromatic rings. The SMILES string of the molecule is CC(C)(C)OC(=O)n1cccc1-c1cccc(OCc2c(Cl)cccc2Cl)c1. The fourth-order valence-electron chi connectivity index (χ4n) is 2.66. The first kappa shape index (κ1) is 20.3. The van der Waals surface area contributed by atoms with Gasteiger partial charge in [0, 0.05) is 27.4 Å². The van der Waals surface area contributed by atoms with Crippen LogP contribution in [0.15, 0.2) is 60.8 Å². The van der Waals surface area contributed by atoms with Crippen LogP contribution in [-0.4, -0.2) is 16.3 Å². The summed E-state index contributed by atoms with van der Waals surface area (Å²) < 4.78 is 12.8. The third-order valence-corrected chi connectivity index (χ3v) is 4.62. The summed E-state index contributed by atoms with van der Waals surface area (Å²) in [5.41, 5.74) is 1.71. The van der Waals surface area contributed by atoms with Crippen LogP contribution in [0.25, 0.3) is 11.3 Å². The Balaban J connectivity index is 1.81. The van der Waals surface area contributed by atoms with Crippen molar-refractivity contribution in [3.8, 4) is 17.0 Å². The van der Waals surface area contributed by atoms with E-state index in [0.29, 0.717) is 15.8 Å². The number of carbonyl (C=O) groups excluding carboxylic acids is 1. The van der Waals surface area contributed by atoms with E-state index >= 15 is 0 Å². The van der Waals surface area contributed by atoms with Gasteiger partial charge in [-0.2, -0.15) is 0 Å². The number of hydrogen-bond donors (Lipinski definition) is 0. The van der Waals surface area contributed by atoms with E-state index in [2.05, 4.69) is 0 Å². The van der Waals surface area contributed by atoms with Gasteiger partial charge in [-0.15, -0.1) is 0 Å². The number of halogens is 2. The molecule has 0 unspecified atom stereocenters. The maximum Gasteiger partial charge on any atom is 0.418 e. The molecule has 0 N–H and O–H groups in total. The summed E-state index contributed by atoms with van der Waals surface area (Å²) in [6, 6.07) is 16.5. The van der Waals surface area contributed by atoms with Gasteiger partial charge in [-0.3, -0.25) is 4.57 Å². The van der Waals surface area contributed by atoms with Crippen molar-refractivity contribution < 1.29 is 14.3 Å². The fraction of sp³-hybridized carbons (Fsp3) is 0.227. The average Bonchev–Trinajstić information content (AvgIpc) is 3.10. The Kier molecular flexibility index (Phi) is 6.01. The molecular weight excluding hydrogens is 397 g/mol. The van der Waals surface area contributed by atoms with Crippen molar-refractivity contribution in [2.75, 3.05) is 0 Å². The Morgan fingerprint density at radius 2 is 1.68 bits per heavy atom. The molecule has 0 saturated heterocycles. The molecule has 146 valence electrons. The zero-order chi connectivity index (χ0) is 20.3. The molecule has 1 heterocycles. The highest BCUT2D eigenvalue weighted by molar-refractivity contribution is 6.35. The van der Waals surface area contributed by atoms with Gasteiger partial charge in [-0.1, -0.05) is 41.4 Å². The Morgan fingerprint density at radius 3 is 2.36 bits per heavy atom. The van der Waals surface area contributed by atoms with Crippen LogP contribution in [0.2, 0.25) is 10.0 Å². The topological polar surface area (TPSA) is 40.5 Å². The largest absolute Gasteiger partial charge is 0.489 e. The fourth-order valence-corrected chi connectivity index (χ4v) is 3.16. The number of ether oxygens (including phenoxy) is 2. The van der Waals surface area contributed by atoms with Crippen LogP contribution >= 0.6 is 23.2 Å². The van der Waals surface area contributed by atoms with Crippen molar-refractivity contribution in [3.63, 3.8) is 0 Å². The van der Waals surface area contributed by atoms with E-state index in [4.69, 9.17) is 32.7 Å². The van der Waals surface area contributed by atoms with Gasteiger partial charge in [-0.25, -0.2) is 4.79 Å². The van der Waals surface area contributed by atoms with E-state index in [9.17, 15) is 4.79 Å². The average molecular weight is 418 g/mol. The third kappa shape index (κ3) is 4.89. The summed E-state index contributed by atoms with van der Waals surface area (Å²) in [5.74, 6) is 0.644. The normalized spacial score (nSPS) is 11.3. The first-order valence-electron chi connectivity index (χ1n) is 8.81. The number of benzene rings is 2. The Morgan fingerprint density at radius 1 is 1.00 bits per heavy atom. The molecule has 6 heteroatoms. The molecule has 0 aliphatic carbocycles. The van der Waals surface area contributed by atoms with Gasteiger partial charge in [0.15, 0.2) is 0 Å². The van der Waals surface area contributed by atoms with Gasteiger partial charge in [0.2, 0.25) is 0 Å². The van der Waals surface area contributed by atoms with E-state index in [0.717, 1.165) is 16.8 Å². The van der Waals surface area contributed by atoms with Crippen LogP contribution in [0.4, 0.5) is 4.79 Å². The molecule has 0 amide bonds. The molecule has 0 radical (unpaired) electrons. The van der Waals surface area contributed by atoms with Crippen molar-refractivity contribution in [1.29, 1.82) is 0 Å². The van der Waals surface area contributed by atoms with Crippen LogP contribution in [-0.2, 0) is 11.3 Å². The summed E-state index contributed by atoms with van der Waals surface area (Å²) in [5, 5.41) is 1.12. The van der Waals surface area contributed by atoms with Gasteiger partial charge in [0.05, 0.1) is 5.69 Å². The Hall–Kier alpha value is -2.43. The second-order valence-corrected chi connectivity index (χ2v) is 8.07. The lowest BCUT2D eigenvalue weighted by Crippen LogP contribution is -2.27. The monoisotopic (exact) mass is 417 g/mol. The molecule has 0 bridgehead atoms. The van der Waals surface area contributed by atoms with Gasteiger partial charge in [0.25, 0.3) is 0 Å². The lowest BCUT2D eigenvalue weighted by atomic mass is 10.1. The Bertz CT molecular complexity index is 969. The molecule has 0 atom stereocenters. The molecule has 0 spiro atoms. The summed E-state index contributed by atoms with van der Waals surface area (Å²) >= 11 is 12.4. The molecule has 0 aliphatic rings. The van der Waals surface area contributed by atoms with E-state index in [-0.39, 0.29) is 6.61 Å². The number of aromatic nitrogens is 1. The highest BCUT2D eigenvalue weighted by Gasteiger charge is 2.20. The maximum atomic E-state index is 12.5. The molecule has 2 aromatic carbocycles. The summed E-state index contributed by atoms with van der Waals surface area (Å²) in [4.78, 5) is 12.5. The van der Waals surface area contributed by atoms with Crippen molar-refractivity contribution in [1.82, 2.24) is 4.57 Å². The van der Waals surface area contributed by atoms with Crippen molar-refractivity contribution in [2.24, 2.45) is 0 Å². The number of hydrogen-bond acceptors (Lipinski definition) is 3. The lowest BCUT2D eigenvalue weighted by Gasteiger charge is -2.20. The summed E-state index contributed by atoms with van der Waals surface area (Å²) in [6.45, 7) is 5.75. The van der Waals surface area contributed by atoms with Crippen LogP contribution in [0.3, 0.4) is 0 Å². The number of nitrogens with zero attached hydrogens (tertiary/aromatic N) is 1. The second kappa shape index (κ2) is 8.29. The van der Waals surface area contributed by atoms with Crippen LogP contribution < -0.4 is 4.74 Å². The van der Waals surface area contributed by atoms with Crippen molar-refractivity contribution >= 4 is 29.3 Å². The predicted octanol–water partition coefficient (Wildman–Crippen LogP) is 6.82. The predicted molar refractivity (Wildman–Crippen MR) is 112 cm³/mol. The number of rotatable bonds is 4. The van der Waals surface area contributed by atoms with Crippen molar-refractivity contribution in [3.05, 3.63) is 76.4 Å². The minimum absolute atomic E-state index is 0.245. The van der Waals surface area contributed by atoms with Gasteiger partial charge < -0.3 is 9.47 Å². The smallest absolute Gasteiger partial charge is 0.418 e. The van der Waals surface area contributed by atoms with Crippen LogP contribution in [0, 0.1) is 0 Å². The molecule has 28 heavy (non-hydrogen) atoms. The minimum Gasteiger partial charge on any atom is -0.489 e. The molecular formula is C22H21Cl2NO3. The molecule has 3 rings (SSSR count). The van der Waals surface area contributed by atoms with Crippen LogP contribution in [0.5, 0.6) is 5.75 Å². The molecule has 1 aromatic heterocycles. The maximum absolute atomic E-state index is 12.5. The first-order chi connectivity index (χ1) is 13.2. The molecule has 4 nitrogen and oxygen atoms in total. The summed E-state index contributed by atoms with van der Waals surface area (Å²) in [6.07, 6.45) is 1.25. The van der Waals surface area contributed by atoms with Crippen molar-refractivity contribution in [2.45, 2.75) is 33.0 Å². The summed E-state index contributed by atoms with van der Waals surface area (Å²) in [7, 11) is 0. The standard InChI is InChI=1S/C22H21Cl2NO3/c1-22(2,3)28-21(26)25-12-6-11-20(25)15-7-4-8-16(13-15)27-14-17-18(23)9-5-10-19(17)24/h4-13H,14H2,1-3H3. The zero-order valence-electron chi connectivity index (χ0n) is 15.9. The number of carbonyl (C=O) groups is 1.